The van der Waals surface area contributed by atoms with Crippen molar-refractivity contribution in [3.63, 3.8) is 0 Å². The second-order valence-electron chi connectivity index (χ2n) is 3.03. The molecule has 0 aliphatic rings. The molecule has 3 nitrogen and oxygen atoms in total. The Labute approximate surface area is 90.7 Å². The highest BCUT2D eigenvalue weighted by Crippen LogP contribution is 2.32. The highest BCUT2D eigenvalue weighted by Gasteiger charge is 2.22. The first-order valence-corrected chi connectivity index (χ1v) is 5.11. The van der Waals surface area contributed by atoms with E-state index >= 15 is 0 Å². The van der Waals surface area contributed by atoms with Crippen molar-refractivity contribution in [1.29, 1.82) is 0 Å². The second kappa shape index (κ2) is 3.33. The Morgan fingerprint density at radius 1 is 1.21 bits per heavy atom. The Balaban J connectivity index is 2.53. The van der Waals surface area contributed by atoms with E-state index in [1.807, 2.05) is 0 Å². The fraction of sp³-hybridized carbons (Fsp3) is 0.222. The number of nitrogens with zero attached hydrogens (tertiary/aromatic N) is 1. The van der Waals surface area contributed by atoms with Gasteiger partial charge in [-0.15, -0.1) is 23.2 Å². The zero-order valence-corrected chi connectivity index (χ0v) is 8.77. The van der Waals surface area contributed by atoms with Gasteiger partial charge in [0.2, 0.25) is 0 Å². The lowest BCUT2D eigenvalue weighted by atomic mass is 10.3. The molecule has 2 N–H and O–H groups in total. The maximum atomic E-state index is 11.3. The van der Waals surface area contributed by atoms with E-state index < -0.39 is 0 Å². The number of hydrogen-bond donors (Lipinski definition) is 1. The van der Waals surface area contributed by atoms with Crippen molar-refractivity contribution in [2.45, 2.75) is 0 Å². The van der Waals surface area contributed by atoms with Crippen LogP contribution in [-0.2, 0) is 0 Å². The van der Waals surface area contributed by atoms with Gasteiger partial charge < -0.3 is 10.6 Å². The van der Waals surface area contributed by atoms with Crippen LogP contribution in [0.2, 0.25) is 0 Å². The molecule has 74 valence electrons. The number of benzene rings is 1. The summed E-state index contributed by atoms with van der Waals surface area (Å²) >= 11 is 11.4. The van der Waals surface area contributed by atoms with Crippen LogP contribution < -0.4 is 16.1 Å². The molecule has 0 amide bonds. The molecule has 0 spiro atoms. The standard InChI is InChI=1S/C9H8Cl2N2O/c10-3-13(4-11)6-2-1-5(12)7-8(6)9(7)14/h1-2H,3-4,12H2. The minimum Gasteiger partial charge on any atom is -0.398 e. The Kier molecular flexibility index (Phi) is 2.29. The molecule has 0 aliphatic carbocycles. The van der Waals surface area contributed by atoms with Crippen LogP contribution >= 0.6 is 23.2 Å². The number of nitrogens with two attached hydrogens (primary N) is 1. The van der Waals surface area contributed by atoms with Crippen molar-refractivity contribution >= 4 is 45.3 Å². The van der Waals surface area contributed by atoms with E-state index in [-0.39, 0.29) is 17.4 Å². The van der Waals surface area contributed by atoms with Gasteiger partial charge in [0.05, 0.1) is 28.5 Å². The van der Waals surface area contributed by atoms with Crippen LogP contribution in [-0.4, -0.2) is 12.0 Å². The van der Waals surface area contributed by atoms with Crippen LogP contribution in [0.4, 0.5) is 11.4 Å². The molecule has 0 atom stereocenters. The summed E-state index contributed by atoms with van der Waals surface area (Å²) < 4.78 is 0. The predicted molar refractivity (Wildman–Crippen MR) is 60.9 cm³/mol. The van der Waals surface area contributed by atoms with E-state index in [9.17, 15) is 4.79 Å². The maximum absolute atomic E-state index is 11.3. The van der Waals surface area contributed by atoms with Crippen molar-refractivity contribution in [2.75, 3.05) is 22.6 Å². The molecule has 14 heavy (non-hydrogen) atoms. The van der Waals surface area contributed by atoms with Crippen molar-refractivity contribution in [3.8, 4) is 0 Å². The second-order valence-corrected chi connectivity index (χ2v) is 3.51. The van der Waals surface area contributed by atoms with Gasteiger partial charge >= 0.3 is 0 Å². The van der Waals surface area contributed by atoms with Gasteiger partial charge in [-0.25, -0.2) is 0 Å². The minimum absolute atomic E-state index is 0.00253. The summed E-state index contributed by atoms with van der Waals surface area (Å²) in [6, 6.07) is 3.98. The number of alkyl halides is 2. The molecule has 0 saturated carbocycles. The third kappa shape index (κ3) is 1.24. The zero-order valence-electron chi connectivity index (χ0n) is 7.26. The number of nitrogen functional groups attached to an aromatic ring is 1. The third-order valence-corrected chi connectivity index (χ3v) is 2.81. The zero-order chi connectivity index (χ0) is 10.3. The van der Waals surface area contributed by atoms with E-state index in [0.29, 0.717) is 16.5 Å². The Morgan fingerprint density at radius 2 is 1.86 bits per heavy atom. The third-order valence-electron chi connectivity index (χ3n) is 2.24. The molecule has 0 aromatic heterocycles. The number of anilines is 2. The number of halogens is 2. The van der Waals surface area contributed by atoms with Crippen LogP contribution in [0.3, 0.4) is 0 Å². The summed E-state index contributed by atoms with van der Waals surface area (Å²) in [7, 11) is 0. The molecular weight excluding hydrogens is 223 g/mol. The fourth-order valence-electron chi connectivity index (χ4n) is 1.45. The maximum Gasteiger partial charge on any atom is 0.198 e. The normalized spacial score (nSPS) is 11.3. The Hall–Kier alpha value is -0.930. The average molecular weight is 231 g/mol. The summed E-state index contributed by atoms with van der Waals surface area (Å²) in [6.07, 6.45) is 0. The van der Waals surface area contributed by atoms with E-state index in [4.69, 9.17) is 28.9 Å². The molecule has 2 aromatic rings. The van der Waals surface area contributed by atoms with E-state index in [1.54, 1.807) is 17.0 Å². The quantitative estimate of drug-likeness (QED) is 0.498. The van der Waals surface area contributed by atoms with E-state index in [1.165, 1.54) is 0 Å². The van der Waals surface area contributed by atoms with E-state index in [2.05, 4.69) is 0 Å². The van der Waals surface area contributed by atoms with Gasteiger partial charge in [0.25, 0.3) is 0 Å². The van der Waals surface area contributed by atoms with E-state index in [0.717, 1.165) is 5.69 Å². The summed E-state index contributed by atoms with van der Waals surface area (Å²) in [6.45, 7) is 0. The summed E-state index contributed by atoms with van der Waals surface area (Å²) in [5.74, 6) is 0. The molecule has 0 heterocycles. The van der Waals surface area contributed by atoms with Gasteiger partial charge in [-0.05, 0) is 12.1 Å². The van der Waals surface area contributed by atoms with Gasteiger partial charge in [-0.1, -0.05) is 0 Å². The Morgan fingerprint density at radius 3 is 2.43 bits per heavy atom. The van der Waals surface area contributed by atoms with Crippen molar-refractivity contribution < 1.29 is 0 Å². The van der Waals surface area contributed by atoms with Crippen LogP contribution in [0.1, 0.15) is 0 Å². The van der Waals surface area contributed by atoms with Crippen molar-refractivity contribution in [3.05, 3.63) is 22.4 Å². The molecule has 2 aromatic carbocycles. The molecule has 0 fully saturated rings. The molecule has 0 radical (unpaired) electrons. The van der Waals surface area contributed by atoms with Crippen LogP contribution in [0.25, 0.3) is 10.8 Å². The van der Waals surface area contributed by atoms with Crippen LogP contribution in [0.15, 0.2) is 16.9 Å². The fourth-order valence-corrected chi connectivity index (χ4v) is 1.96. The highest BCUT2D eigenvalue weighted by atomic mass is 35.5. The van der Waals surface area contributed by atoms with Gasteiger partial charge in [0.1, 0.15) is 0 Å². The largest absolute Gasteiger partial charge is 0.398 e. The van der Waals surface area contributed by atoms with Gasteiger partial charge in [-0.3, -0.25) is 4.79 Å². The number of fused-ring (bicyclic) bond motifs is 1. The molecule has 0 unspecified atom stereocenters. The topological polar surface area (TPSA) is 46.3 Å². The summed E-state index contributed by atoms with van der Waals surface area (Å²) in [5.41, 5.74) is 6.91. The summed E-state index contributed by atoms with van der Waals surface area (Å²) in [5, 5.41) is 1.27. The molecular formula is C9H8Cl2N2O. The number of hydrogen-bond acceptors (Lipinski definition) is 3. The van der Waals surface area contributed by atoms with Crippen molar-refractivity contribution in [1.82, 2.24) is 0 Å². The monoisotopic (exact) mass is 230 g/mol. The predicted octanol–water partition coefficient (Wildman–Crippen LogP) is 1.86. The lowest BCUT2D eigenvalue weighted by Crippen LogP contribution is -2.18. The molecule has 0 aliphatic heterocycles. The molecule has 5 heteroatoms. The SMILES string of the molecule is Nc1ccc(N(CCl)CCl)c2c(=O)c12. The molecule has 0 bridgehead atoms. The molecule has 2 rings (SSSR count). The molecule has 0 saturated heterocycles. The number of rotatable bonds is 3. The van der Waals surface area contributed by atoms with Gasteiger partial charge in [-0.2, -0.15) is 0 Å². The first kappa shape index (κ1) is 9.62. The average Bonchev–Trinajstić information content (AvgIpc) is 2.85. The first-order chi connectivity index (χ1) is 6.70. The summed E-state index contributed by atoms with van der Waals surface area (Å²) in [4.78, 5) is 13.0. The van der Waals surface area contributed by atoms with Crippen molar-refractivity contribution in [2.24, 2.45) is 0 Å². The Bertz CT molecular complexity index is 484. The van der Waals surface area contributed by atoms with Gasteiger partial charge in [0.15, 0.2) is 5.43 Å². The highest BCUT2D eigenvalue weighted by molar-refractivity contribution is 6.24. The lowest BCUT2D eigenvalue weighted by molar-refractivity contribution is 1.06. The van der Waals surface area contributed by atoms with Crippen LogP contribution in [0, 0.1) is 0 Å². The minimum atomic E-state index is 0.00253. The van der Waals surface area contributed by atoms with Gasteiger partial charge in [0, 0.05) is 5.69 Å². The lowest BCUT2D eigenvalue weighted by Gasteiger charge is -2.17. The smallest absolute Gasteiger partial charge is 0.198 e. The van der Waals surface area contributed by atoms with Crippen LogP contribution in [0.5, 0.6) is 0 Å². The first-order valence-electron chi connectivity index (χ1n) is 4.04.